The average Bonchev–Trinajstić information content (AvgIpc) is 2.79. The lowest BCUT2D eigenvalue weighted by molar-refractivity contribution is -0.128. The van der Waals surface area contributed by atoms with E-state index >= 15 is 0 Å². The summed E-state index contributed by atoms with van der Waals surface area (Å²) in [7, 11) is 0. The number of hydrogen-bond donors (Lipinski definition) is 0. The van der Waals surface area contributed by atoms with Gasteiger partial charge in [0.15, 0.2) is 5.82 Å². The number of ether oxygens (including phenoxy) is 1. The van der Waals surface area contributed by atoms with Crippen molar-refractivity contribution in [2.75, 3.05) is 6.61 Å². The van der Waals surface area contributed by atoms with Crippen molar-refractivity contribution < 1.29 is 9.53 Å². The van der Waals surface area contributed by atoms with Gasteiger partial charge in [0.25, 0.3) is 6.47 Å². The van der Waals surface area contributed by atoms with Gasteiger partial charge in [-0.15, -0.1) is 0 Å². The number of rotatable bonds is 5. The van der Waals surface area contributed by atoms with E-state index in [1.54, 1.807) is 11.0 Å². The van der Waals surface area contributed by atoms with Gasteiger partial charge >= 0.3 is 0 Å². The smallest absolute Gasteiger partial charge is 0.293 e. The summed E-state index contributed by atoms with van der Waals surface area (Å²) in [5.74, 6) is 0.656. The maximum absolute atomic E-state index is 9.98. The van der Waals surface area contributed by atoms with Crippen molar-refractivity contribution >= 4 is 22.4 Å². The first-order valence-corrected chi connectivity index (χ1v) is 5.79. The zero-order chi connectivity index (χ0) is 12.1. The highest BCUT2D eigenvalue weighted by atomic mass is 79.9. The minimum atomic E-state index is 0.298. The van der Waals surface area contributed by atoms with Gasteiger partial charge in [0.05, 0.1) is 6.54 Å². The summed E-state index contributed by atoms with van der Waals surface area (Å²) in [5, 5.41) is 4.28. The highest BCUT2D eigenvalue weighted by Gasteiger charge is 2.03. The minimum Gasteiger partial charge on any atom is -0.466 e. The molecule has 1 aromatic carbocycles. The maximum Gasteiger partial charge on any atom is 0.293 e. The van der Waals surface area contributed by atoms with E-state index in [0.29, 0.717) is 25.4 Å². The standard InChI is InChI=1S/C11H10BrN3O2/c12-10-3-1-9(2-4-10)11-13-7-15(14-11)5-6-17-8-16/h1-4,7-8H,5-6H2. The first-order chi connectivity index (χ1) is 8.29. The zero-order valence-electron chi connectivity index (χ0n) is 8.91. The highest BCUT2D eigenvalue weighted by Crippen LogP contribution is 2.17. The largest absolute Gasteiger partial charge is 0.466 e. The van der Waals surface area contributed by atoms with Gasteiger partial charge in [-0.25, -0.2) is 9.67 Å². The van der Waals surface area contributed by atoms with Gasteiger partial charge in [-0.05, 0) is 12.1 Å². The van der Waals surface area contributed by atoms with Crippen LogP contribution in [0.3, 0.4) is 0 Å². The maximum atomic E-state index is 9.98. The topological polar surface area (TPSA) is 57.0 Å². The molecule has 0 radical (unpaired) electrons. The van der Waals surface area contributed by atoms with Crippen LogP contribution in [-0.2, 0) is 16.1 Å². The predicted octanol–water partition coefficient (Wildman–Crippen LogP) is 1.88. The quantitative estimate of drug-likeness (QED) is 0.624. The lowest BCUT2D eigenvalue weighted by atomic mass is 10.2. The number of carbonyl (C=O) groups excluding carboxylic acids is 1. The van der Waals surface area contributed by atoms with Crippen molar-refractivity contribution in [3.8, 4) is 11.4 Å². The Bertz CT molecular complexity index is 496. The van der Waals surface area contributed by atoms with E-state index in [-0.39, 0.29) is 0 Å². The van der Waals surface area contributed by atoms with Gasteiger partial charge in [0, 0.05) is 10.0 Å². The van der Waals surface area contributed by atoms with Crippen LogP contribution in [-0.4, -0.2) is 27.8 Å². The molecule has 2 aromatic rings. The molecule has 88 valence electrons. The average molecular weight is 296 g/mol. The van der Waals surface area contributed by atoms with Crippen LogP contribution in [0.4, 0.5) is 0 Å². The summed E-state index contributed by atoms with van der Waals surface area (Å²) in [6, 6.07) is 7.74. The first kappa shape index (κ1) is 11.8. The second kappa shape index (κ2) is 5.58. The highest BCUT2D eigenvalue weighted by molar-refractivity contribution is 9.10. The Kier molecular flexibility index (Phi) is 3.87. The summed E-state index contributed by atoms with van der Waals surface area (Å²) in [6.07, 6.45) is 1.62. The normalized spacial score (nSPS) is 10.2. The van der Waals surface area contributed by atoms with E-state index in [9.17, 15) is 4.79 Å². The fourth-order valence-corrected chi connectivity index (χ4v) is 1.59. The number of carbonyl (C=O) groups is 1. The molecular weight excluding hydrogens is 286 g/mol. The lowest BCUT2D eigenvalue weighted by Crippen LogP contribution is -2.05. The van der Waals surface area contributed by atoms with E-state index in [1.807, 2.05) is 24.3 Å². The lowest BCUT2D eigenvalue weighted by Gasteiger charge is -1.98. The SMILES string of the molecule is O=COCCn1cnc(-c2ccc(Br)cc2)n1. The molecule has 0 unspecified atom stereocenters. The van der Waals surface area contributed by atoms with Crippen molar-refractivity contribution in [1.29, 1.82) is 0 Å². The summed E-state index contributed by atoms with van der Waals surface area (Å²) >= 11 is 3.37. The molecular formula is C11H10BrN3O2. The van der Waals surface area contributed by atoms with Gasteiger partial charge in [0.1, 0.15) is 12.9 Å². The van der Waals surface area contributed by atoms with Gasteiger partial charge in [-0.1, -0.05) is 28.1 Å². The van der Waals surface area contributed by atoms with Crippen LogP contribution < -0.4 is 0 Å². The zero-order valence-corrected chi connectivity index (χ0v) is 10.5. The molecule has 2 rings (SSSR count). The molecule has 0 fully saturated rings. The second-order valence-electron chi connectivity index (χ2n) is 3.31. The van der Waals surface area contributed by atoms with Crippen LogP contribution >= 0.6 is 15.9 Å². The Morgan fingerprint density at radius 1 is 1.35 bits per heavy atom. The summed E-state index contributed by atoms with van der Waals surface area (Å²) in [6.45, 7) is 1.22. The van der Waals surface area contributed by atoms with Crippen LogP contribution in [0.1, 0.15) is 0 Å². The molecule has 6 heteroatoms. The first-order valence-electron chi connectivity index (χ1n) is 5.00. The van der Waals surface area contributed by atoms with Gasteiger partial charge in [0.2, 0.25) is 0 Å². The molecule has 0 aliphatic heterocycles. The molecule has 0 N–H and O–H groups in total. The van der Waals surface area contributed by atoms with E-state index in [0.717, 1.165) is 10.0 Å². The molecule has 0 atom stereocenters. The third-order valence-corrected chi connectivity index (χ3v) is 2.67. The Morgan fingerprint density at radius 2 is 2.12 bits per heavy atom. The third-order valence-electron chi connectivity index (χ3n) is 2.15. The molecule has 0 saturated carbocycles. The van der Waals surface area contributed by atoms with E-state index < -0.39 is 0 Å². The molecule has 0 spiro atoms. The number of aromatic nitrogens is 3. The predicted molar refractivity (Wildman–Crippen MR) is 65.2 cm³/mol. The van der Waals surface area contributed by atoms with E-state index in [4.69, 9.17) is 0 Å². The van der Waals surface area contributed by atoms with Crippen molar-refractivity contribution in [3.05, 3.63) is 35.1 Å². The van der Waals surface area contributed by atoms with Crippen molar-refractivity contribution in [2.45, 2.75) is 6.54 Å². The van der Waals surface area contributed by atoms with E-state index in [2.05, 4.69) is 30.7 Å². The number of benzene rings is 1. The van der Waals surface area contributed by atoms with E-state index in [1.165, 1.54) is 0 Å². The molecule has 17 heavy (non-hydrogen) atoms. The molecule has 0 saturated heterocycles. The van der Waals surface area contributed by atoms with Gasteiger partial charge < -0.3 is 4.74 Å². The Morgan fingerprint density at radius 3 is 2.82 bits per heavy atom. The monoisotopic (exact) mass is 295 g/mol. The summed E-state index contributed by atoms with van der Waals surface area (Å²) < 4.78 is 7.25. The molecule has 0 amide bonds. The van der Waals surface area contributed by atoms with Gasteiger partial charge in [-0.3, -0.25) is 4.79 Å². The molecule has 1 aromatic heterocycles. The van der Waals surface area contributed by atoms with Crippen LogP contribution in [0.2, 0.25) is 0 Å². The fourth-order valence-electron chi connectivity index (χ4n) is 1.33. The number of nitrogens with zero attached hydrogens (tertiary/aromatic N) is 3. The molecule has 0 aliphatic carbocycles. The Hall–Kier alpha value is -1.69. The molecule has 0 aliphatic rings. The van der Waals surface area contributed by atoms with Gasteiger partial charge in [-0.2, -0.15) is 5.10 Å². The number of hydrogen-bond acceptors (Lipinski definition) is 4. The summed E-state index contributed by atoms with van der Waals surface area (Å²) in [5.41, 5.74) is 0.947. The molecule has 5 nitrogen and oxygen atoms in total. The van der Waals surface area contributed by atoms with Crippen LogP contribution in [0.5, 0.6) is 0 Å². The fraction of sp³-hybridized carbons (Fsp3) is 0.182. The second-order valence-corrected chi connectivity index (χ2v) is 4.22. The molecule has 0 bridgehead atoms. The van der Waals surface area contributed by atoms with Crippen molar-refractivity contribution in [1.82, 2.24) is 14.8 Å². The summed E-state index contributed by atoms with van der Waals surface area (Å²) in [4.78, 5) is 14.2. The third kappa shape index (κ3) is 3.13. The van der Waals surface area contributed by atoms with Crippen molar-refractivity contribution in [3.63, 3.8) is 0 Å². The Balaban J connectivity index is 2.07. The van der Waals surface area contributed by atoms with Crippen LogP contribution in [0, 0.1) is 0 Å². The number of halogens is 1. The van der Waals surface area contributed by atoms with Crippen molar-refractivity contribution in [2.24, 2.45) is 0 Å². The van der Waals surface area contributed by atoms with Crippen LogP contribution in [0.15, 0.2) is 35.1 Å². The van der Waals surface area contributed by atoms with Crippen LogP contribution in [0.25, 0.3) is 11.4 Å². The minimum absolute atomic E-state index is 0.298. The molecule has 1 heterocycles. The Labute approximate surface area is 107 Å².